The van der Waals surface area contributed by atoms with Gasteiger partial charge in [0, 0.05) is 17.1 Å². The van der Waals surface area contributed by atoms with Gasteiger partial charge < -0.3 is 15.4 Å². The van der Waals surface area contributed by atoms with Gasteiger partial charge in [-0.1, -0.05) is 12.1 Å². The van der Waals surface area contributed by atoms with E-state index in [-0.39, 0.29) is 17.7 Å². The number of nitrogens with one attached hydrogen (secondary N) is 2. The standard InChI is InChI=1S/C17H13FN2O3/c18-11-4-5-13-14(8-16(22)20-15(13)7-11)17(23)19-12-3-1-2-10(6-12)9-21/h1-8,21H,9H2,(H,19,23)(H,20,22). The summed E-state index contributed by atoms with van der Waals surface area (Å²) in [6.07, 6.45) is 0. The van der Waals surface area contributed by atoms with E-state index in [2.05, 4.69) is 10.3 Å². The highest BCUT2D eigenvalue weighted by atomic mass is 19.1. The maximum absolute atomic E-state index is 13.3. The monoisotopic (exact) mass is 312 g/mol. The molecule has 0 spiro atoms. The number of hydrogen-bond donors (Lipinski definition) is 3. The first-order chi connectivity index (χ1) is 11.1. The summed E-state index contributed by atoms with van der Waals surface area (Å²) in [5, 5.41) is 12.2. The predicted molar refractivity (Wildman–Crippen MR) is 84.8 cm³/mol. The van der Waals surface area contributed by atoms with Crippen LogP contribution in [0.3, 0.4) is 0 Å². The smallest absolute Gasteiger partial charge is 0.256 e. The molecule has 6 heteroatoms. The van der Waals surface area contributed by atoms with E-state index < -0.39 is 17.3 Å². The van der Waals surface area contributed by atoms with Crippen molar-refractivity contribution in [1.29, 1.82) is 0 Å². The number of halogens is 1. The van der Waals surface area contributed by atoms with E-state index >= 15 is 0 Å². The fourth-order valence-electron chi connectivity index (χ4n) is 2.37. The van der Waals surface area contributed by atoms with Gasteiger partial charge >= 0.3 is 0 Å². The number of fused-ring (bicyclic) bond motifs is 1. The van der Waals surface area contributed by atoms with Gasteiger partial charge in [-0.25, -0.2) is 4.39 Å². The van der Waals surface area contributed by atoms with Crippen molar-refractivity contribution in [3.8, 4) is 0 Å². The van der Waals surface area contributed by atoms with E-state index in [4.69, 9.17) is 5.11 Å². The number of pyridine rings is 1. The first-order valence-corrected chi connectivity index (χ1v) is 6.90. The zero-order valence-corrected chi connectivity index (χ0v) is 12.0. The molecule has 0 bridgehead atoms. The van der Waals surface area contributed by atoms with Gasteiger partial charge in [-0.05, 0) is 35.9 Å². The van der Waals surface area contributed by atoms with Gasteiger partial charge in [0.15, 0.2) is 0 Å². The third kappa shape index (κ3) is 3.12. The highest BCUT2D eigenvalue weighted by molar-refractivity contribution is 6.12. The van der Waals surface area contributed by atoms with Gasteiger partial charge in [-0.3, -0.25) is 9.59 Å². The van der Waals surface area contributed by atoms with Crippen LogP contribution >= 0.6 is 0 Å². The van der Waals surface area contributed by atoms with Crippen LogP contribution in [-0.4, -0.2) is 16.0 Å². The van der Waals surface area contributed by atoms with Crippen LogP contribution in [0.4, 0.5) is 10.1 Å². The van der Waals surface area contributed by atoms with Gasteiger partial charge in [-0.2, -0.15) is 0 Å². The van der Waals surface area contributed by atoms with Crippen LogP contribution in [0.1, 0.15) is 15.9 Å². The summed E-state index contributed by atoms with van der Waals surface area (Å²) in [6.45, 7) is -0.142. The topological polar surface area (TPSA) is 82.2 Å². The number of hydrogen-bond acceptors (Lipinski definition) is 3. The minimum atomic E-state index is -0.499. The quantitative estimate of drug-likeness (QED) is 0.694. The number of aliphatic hydroxyl groups is 1. The minimum Gasteiger partial charge on any atom is -0.392 e. The fraction of sp³-hybridized carbons (Fsp3) is 0.0588. The van der Waals surface area contributed by atoms with Gasteiger partial charge in [0.25, 0.3) is 5.91 Å². The third-order valence-corrected chi connectivity index (χ3v) is 3.42. The molecule has 3 N–H and O–H groups in total. The Balaban J connectivity index is 2.02. The molecule has 0 aliphatic heterocycles. The lowest BCUT2D eigenvalue weighted by atomic mass is 10.1. The van der Waals surface area contributed by atoms with E-state index in [1.807, 2.05) is 0 Å². The van der Waals surface area contributed by atoms with E-state index in [0.29, 0.717) is 16.6 Å². The molecule has 0 radical (unpaired) electrons. The summed E-state index contributed by atoms with van der Waals surface area (Å²) in [6, 6.07) is 11.7. The van der Waals surface area contributed by atoms with Crippen molar-refractivity contribution in [3.63, 3.8) is 0 Å². The summed E-state index contributed by atoms with van der Waals surface area (Å²) < 4.78 is 13.3. The van der Waals surface area contributed by atoms with Crippen molar-refractivity contribution in [2.75, 3.05) is 5.32 Å². The van der Waals surface area contributed by atoms with Crippen LogP contribution in [0.15, 0.2) is 53.3 Å². The second-order valence-corrected chi connectivity index (χ2v) is 5.05. The summed E-state index contributed by atoms with van der Waals surface area (Å²) >= 11 is 0. The molecule has 5 nitrogen and oxygen atoms in total. The molecular weight excluding hydrogens is 299 g/mol. The molecule has 1 aromatic heterocycles. The molecule has 0 aliphatic carbocycles. The Morgan fingerprint density at radius 3 is 2.78 bits per heavy atom. The number of carbonyl (C=O) groups excluding carboxylic acids is 1. The zero-order chi connectivity index (χ0) is 16.4. The normalized spacial score (nSPS) is 10.7. The first-order valence-electron chi connectivity index (χ1n) is 6.90. The van der Waals surface area contributed by atoms with Crippen molar-refractivity contribution >= 4 is 22.5 Å². The minimum absolute atomic E-state index is 0.142. The number of aromatic amines is 1. The molecule has 0 unspecified atom stereocenters. The number of carbonyl (C=O) groups is 1. The Labute approximate surface area is 130 Å². The molecule has 0 saturated carbocycles. The Morgan fingerprint density at radius 2 is 2.00 bits per heavy atom. The highest BCUT2D eigenvalue weighted by Crippen LogP contribution is 2.18. The van der Waals surface area contributed by atoms with Crippen LogP contribution in [-0.2, 0) is 6.61 Å². The van der Waals surface area contributed by atoms with Gasteiger partial charge in [-0.15, -0.1) is 0 Å². The van der Waals surface area contributed by atoms with Crippen LogP contribution in [0, 0.1) is 5.82 Å². The van der Waals surface area contributed by atoms with Gasteiger partial charge in [0.2, 0.25) is 5.56 Å². The fourth-order valence-corrected chi connectivity index (χ4v) is 2.37. The maximum atomic E-state index is 13.3. The molecule has 0 saturated heterocycles. The number of amides is 1. The van der Waals surface area contributed by atoms with E-state index in [9.17, 15) is 14.0 Å². The molecule has 1 heterocycles. The van der Waals surface area contributed by atoms with Crippen molar-refractivity contribution in [2.24, 2.45) is 0 Å². The van der Waals surface area contributed by atoms with Crippen LogP contribution in [0.2, 0.25) is 0 Å². The van der Waals surface area contributed by atoms with Crippen molar-refractivity contribution in [3.05, 3.63) is 75.8 Å². The lowest BCUT2D eigenvalue weighted by Gasteiger charge is -2.09. The molecule has 2 aromatic carbocycles. The van der Waals surface area contributed by atoms with Gasteiger partial charge in [0.1, 0.15) is 5.82 Å². The molecule has 3 aromatic rings. The van der Waals surface area contributed by atoms with Crippen molar-refractivity contribution in [1.82, 2.24) is 4.98 Å². The predicted octanol–water partition coefficient (Wildman–Crippen LogP) is 2.41. The second-order valence-electron chi connectivity index (χ2n) is 5.05. The number of rotatable bonds is 3. The lowest BCUT2D eigenvalue weighted by molar-refractivity contribution is 0.102. The lowest BCUT2D eigenvalue weighted by Crippen LogP contribution is -2.17. The van der Waals surface area contributed by atoms with Gasteiger partial charge in [0.05, 0.1) is 17.7 Å². The summed E-state index contributed by atoms with van der Waals surface area (Å²) in [4.78, 5) is 26.6. The largest absolute Gasteiger partial charge is 0.392 e. The average molecular weight is 312 g/mol. The van der Waals surface area contributed by atoms with E-state index in [1.165, 1.54) is 24.3 Å². The van der Waals surface area contributed by atoms with Crippen LogP contribution in [0.5, 0.6) is 0 Å². The number of aromatic nitrogens is 1. The summed E-state index contributed by atoms with van der Waals surface area (Å²) in [5.41, 5.74) is 1.07. The number of anilines is 1. The average Bonchev–Trinajstić information content (AvgIpc) is 2.53. The molecule has 0 atom stereocenters. The maximum Gasteiger partial charge on any atom is 0.256 e. The molecule has 0 aliphatic rings. The van der Waals surface area contributed by atoms with E-state index in [1.54, 1.807) is 24.3 Å². The summed E-state index contributed by atoms with van der Waals surface area (Å²) in [5.74, 6) is -0.982. The summed E-state index contributed by atoms with van der Waals surface area (Å²) in [7, 11) is 0. The molecular formula is C17H13FN2O3. The Morgan fingerprint density at radius 1 is 1.17 bits per heavy atom. The van der Waals surface area contributed by atoms with E-state index in [0.717, 1.165) is 0 Å². The number of aliphatic hydroxyl groups excluding tert-OH is 1. The number of benzene rings is 2. The first kappa shape index (κ1) is 14.9. The SMILES string of the molecule is O=C(Nc1cccc(CO)c1)c1cc(=O)[nH]c2cc(F)ccc12. The van der Waals surface area contributed by atoms with Crippen molar-refractivity contribution in [2.45, 2.75) is 6.61 Å². The second kappa shape index (κ2) is 6.02. The van der Waals surface area contributed by atoms with Crippen LogP contribution < -0.4 is 10.9 Å². The van der Waals surface area contributed by atoms with Crippen LogP contribution in [0.25, 0.3) is 10.9 Å². The Bertz CT molecular complexity index is 950. The Kier molecular flexibility index (Phi) is 3.91. The molecule has 1 amide bonds. The molecule has 3 rings (SSSR count). The zero-order valence-electron chi connectivity index (χ0n) is 12.0. The molecule has 116 valence electrons. The highest BCUT2D eigenvalue weighted by Gasteiger charge is 2.13. The molecule has 23 heavy (non-hydrogen) atoms. The van der Waals surface area contributed by atoms with Crippen molar-refractivity contribution < 1.29 is 14.3 Å². The third-order valence-electron chi connectivity index (χ3n) is 3.42. The Hall–Kier alpha value is -2.99. The molecule has 0 fully saturated rings. The number of H-pyrrole nitrogens is 1.